The van der Waals surface area contributed by atoms with Gasteiger partial charge in [0.25, 0.3) is 5.91 Å². The van der Waals surface area contributed by atoms with Gasteiger partial charge in [0, 0.05) is 54.4 Å². The van der Waals surface area contributed by atoms with Crippen LogP contribution in [-0.2, 0) is 0 Å². The molecule has 3 aromatic rings. The summed E-state index contributed by atoms with van der Waals surface area (Å²) in [6, 6.07) is 12.6. The molecule has 4 rings (SSSR count). The highest BCUT2D eigenvalue weighted by Gasteiger charge is 2.25. The number of H-pyrrole nitrogens is 1. The van der Waals surface area contributed by atoms with Crippen molar-refractivity contribution in [3.63, 3.8) is 0 Å². The molecule has 0 radical (unpaired) electrons. The summed E-state index contributed by atoms with van der Waals surface area (Å²) in [5.41, 5.74) is 1.79. The second kappa shape index (κ2) is 6.42. The summed E-state index contributed by atoms with van der Waals surface area (Å²) >= 11 is 1.80. The van der Waals surface area contributed by atoms with Crippen LogP contribution in [0.3, 0.4) is 0 Å². The predicted molar refractivity (Wildman–Crippen MR) is 98.5 cm³/mol. The molecule has 1 N–H and O–H groups in total. The SMILES string of the molecule is CC(c1cccs1)N1CCN(C(=O)c2ccc3cc[nH]c3c2)CC1. The van der Waals surface area contributed by atoms with Crippen LogP contribution in [0.4, 0.5) is 0 Å². The third kappa shape index (κ3) is 2.85. The van der Waals surface area contributed by atoms with Crippen LogP contribution in [0.15, 0.2) is 48.0 Å². The van der Waals surface area contributed by atoms with E-state index in [0.29, 0.717) is 6.04 Å². The first-order valence-corrected chi connectivity index (χ1v) is 9.24. The van der Waals surface area contributed by atoms with Gasteiger partial charge in [-0.2, -0.15) is 0 Å². The number of hydrogen-bond acceptors (Lipinski definition) is 3. The molecule has 124 valence electrons. The zero-order valence-electron chi connectivity index (χ0n) is 13.7. The largest absolute Gasteiger partial charge is 0.361 e. The maximum atomic E-state index is 12.8. The average Bonchev–Trinajstić information content (AvgIpc) is 3.31. The summed E-state index contributed by atoms with van der Waals surface area (Å²) in [6.07, 6.45) is 1.91. The molecular weight excluding hydrogens is 318 g/mol. The Morgan fingerprint density at radius 2 is 2.00 bits per heavy atom. The Labute approximate surface area is 145 Å². The van der Waals surface area contributed by atoms with Gasteiger partial charge in [-0.15, -0.1) is 11.3 Å². The number of hydrogen-bond donors (Lipinski definition) is 1. The number of rotatable bonds is 3. The average molecular weight is 339 g/mol. The van der Waals surface area contributed by atoms with Crippen LogP contribution in [0.2, 0.25) is 0 Å². The second-order valence-corrected chi connectivity index (χ2v) is 7.28. The molecule has 1 amide bonds. The van der Waals surface area contributed by atoms with Crippen molar-refractivity contribution < 1.29 is 4.79 Å². The van der Waals surface area contributed by atoms with Gasteiger partial charge in [-0.25, -0.2) is 0 Å². The minimum Gasteiger partial charge on any atom is -0.361 e. The molecule has 5 heteroatoms. The fourth-order valence-electron chi connectivity index (χ4n) is 3.38. The number of aromatic nitrogens is 1. The molecule has 1 aromatic carbocycles. The smallest absolute Gasteiger partial charge is 0.254 e. The number of thiophene rings is 1. The van der Waals surface area contributed by atoms with E-state index in [4.69, 9.17) is 0 Å². The number of aromatic amines is 1. The van der Waals surface area contributed by atoms with Gasteiger partial charge in [-0.1, -0.05) is 12.1 Å². The summed E-state index contributed by atoms with van der Waals surface area (Å²) in [4.78, 5) is 21.8. The Kier molecular flexibility index (Phi) is 4.12. The third-order valence-corrected chi connectivity index (χ3v) is 5.95. The highest BCUT2D eigenvalue weighted by atomic mass is 32.1. The van der Waals surface area contributed by atoms with E-state index in [0.717, 1.165) is 42.6 Å². The third-order valence-electron chi connectivity index (χ3n) is 4.91. The molecular formula is C19H21N3OS. The van der Waals surface area contributed by atoms with E-state index in [9.17, 15) is 4.79 Å². The van der Waals surface area contributed by atoms with E-state index >= 15 is 0 Å². The molecule has 4 nitrogen and oxygen atoms in total. The topological polar surface area (TPSA) is 39.3 Å². The summed E-state index contributed by atoms with van der Waals surface area (Å²) in [7, 11) is 0. The molecule has 1 unspecified atom stereocenters. The van der Waals surface area contributed by atoms with Crippen molar-refractivity contribution in [3.8, 4) is 0 Å². The van der Waals surface area contributed by atoms with Crippen molar-refractivity contribution >= 4 is 28.1 Å². The molecule has 1 fully saturated rings. The molecule has 0 bridgehead atoms. The summed E-state index contributed by atoms with van der Waals surface area (Å²) in [5.74, 6) is 0.134. The first-order valence-electron chi connectivity index (χ1n) is 8.36. The lowest BCUT2D eigenvalue weighted by Gasteiger charge is -2.37. The van der Waals surface area contributed by atoms with E-state index in [-0.39, 0.29) is 5.91 Å². The van der Waals surface area contributed by atoms with Gasteiger partial charge in [0.2, 0.25) is 0 Å². The van der Waals surface area contributed by atoms with Crippen LogP contribution in [0.1, 0.15) is 28.2 Å². The lowest BCUT2D eigenvalue weighted by atomic mass is 10.1. The number of nitrogens with one attached hydrogen (secondary N) is 1. The monoisotopic (exact) mass is 339 g/mol. The molecule has 2 aromatic heterocycles. The highest BCUT2D eigenvalue weighted by molar-refractivity contribution is 7.10. The van der Waals surface area contributed by atoms with Gasteiger partial charge in [0.15, 0.2) is 0 Å². The van der Waals surface area contributed by atoms with Crippen LogP contribution >= 0.6 is 11.3 Å². The number of fused-ring (bicyclic) bond motifs is 1. The van der Waals surface area contributed by atoms with Gasteiger partial charge in [-0.05, 0) is 42.0 Å². The molecule has 1 saturated heterocycles. The first kappa shape index (κ1) is 15.4. The van der Waals surface area contributed by atoms with Gasteiger partial charge >= 0.3 is 0 Å². The van der Waals surface area contributed by atoms with Gasteiger partial charge in [-0.3, -0.25) is 9.69 Å². The van der Waals surface area contributed by atoms with Crippen LogP contribution in [0.5, 0.6) is 0 Å². The molecule has 1 atom stereocenters. The summed E-state index contributed by atoms with van der Waals surface area (Å²) in [6.45, 7) is 5.68. The van der Waals surface area contributed by atoms with E-state index in [1.54, 1.807) is 11.3 Å². The Bertz CT molecular complexity index is 831. The lowest BCUT2D eigenvalue weighted by molar-refractivity contribution is 0.0585. The molecule has 0 saturated carbocycles. The maximum absolute atomic E-state index is 12.8. The van der Waals surface area contributed by atoms with Gasteiger partial charge < -0.3 is 9.88 Å². The van der Waals surface area contributed by atoms with Gasteiger partial charge in [0.05, 0.1) is 0 Å². The number of carbonyl (C=O) groups excluding carboxylic acids is 1. The molecule has 0 aliphatic carbocycles. The van der Waals surface area contributed by atoms with E-state index < -0.39 is 0 Å². The molecule has 0 spiro atoms. The fraction of sp³-hybridized carbons (Fsp3) is 0.316. The summed E-state index contributed by atoms with van der Waals surface area (Å²) < 4.78 is 0. The molecule has 3 heterocycles. The van der Waals surface area contributed by atoms with Crippen molar-refractivity contribution in [2.24, 2.45) is 0 Å². The zero-order chi connectivity index (χ0) is 16.5. The Balaban J connectivity index is 1.42. The zero-order valence-corrected chi connectivity index (χ0v) is 14.6. The second-order valence-electron chi connectivity index (χ2n) is 6.30. The van der Waals surface area contributed by atoms with E-state index in [1.807, 2.05) is 35.4 Å². The van der Waals surface area contributed by atoms with E-state index in [2.05, 4.69) is 34.3 Å². The van der Waals surface area contributed by atoms with Crippen molar-refractivity contribution in [3.05, 3.63) is 58.4 Å². The molecule has 1 aliphatic rings. The minimum absolute atomic E-state index is 0.134. The van der Waals surface area contributed by atoms with Crippen LogP contribution in [-0.4, -0.2) is 46.9 Å². The Morgan fingerprint density at radius 1 is 1.17 bits per heavy atom. The van der Waals surface area contributed by atoms with Crippen molar-refractivity contribution in [2.75, 3.05) is 26.2 Å². The minimum atomic E-state index is 0.134. The van der Waals surface area contributed by atoms with Crippen LogP contribution < -0.4 is 0 Å². The quantitative estimate of drug-likeness (QED) is 0.789. The number of amides is 1. The highest BCUT2D eigenvalue weighted by Crippen LogP contribution is 2.26. The van der Waals surface area contributed by atoms with Gasteiger partial charge in [0.1, 0.15) is 0 Å². The van der Waals surface area contributed by atoms with Crippen molar-refractivity contribution in [1.82, 2.24) is 14.8 Å². The van der Waals surface area contributed by atoms with Crippen LogP contribution in [0.25, 0.3) is 10.9 Å². The number of nitrogens with zero attached hydrogens (tertiary/aromatic N) is 2. The van der Waals surface area contributed by atoms with Crippen molar-refractivity contribution in [2.45, 2.75) is 13.0 Å². The van der Waals surface area contributed by atoms with Crippen molar-refractivity contribution in [1.29, 1.82) is 0 Å². The number of benzene rings is 1. The fourth-order valence-corrected chi connectivity index (χ4v) is 4.20. The number of piperazine rings is 1. The Morgan fingerprint density at radius 3 is 2.75 bits per heavy atom. The predicted octanol–water partition coefficient (Wildman–Crippen LogP) is 3.75. The Hall–Kier alpha value is -2.11. The summed E-state index contributed by atoms with van der Waals surface area (Å²) in [5, 5.41) is 3.27. The van der Waals surface area contributed by atoms with E-state index in [1.165, 1.54) is 4.88 Å². The standard InChI is InChI=1S/C19H21N3OS/c1-14(18-3-2-12-24-18)21-8-10-22(11-9-21)19(23)16-5-4-15-6-7-20-17(15)13-16/h2-7,12-14,20H,8-11H2,1H3. The maximum Gasteiger partial charge on any atom is 0.254 e. The lowest BCUT2D eigenvalue weighted by Crippen LogP contribution is -2.49. The molecule has 1 aliphatic heterocycles. The first-order chi connectivity index (χ1) is 11.7. The molecule has 24 heavy (non-hydrogen) atoms. The number of carbonyl (C=O) groups is 1. The normalized spacial score (nSPS) is 17.3. The van der Waals surface area contributed by atoms with Crippen LogP contribution in [0, 0.1) is 0 Å².